The lowest BCUT2D eigenvalue weighted by atomic mass is 10.3. The van der Waals surface area contributed by atoms with E-state index in [1.165, 1.54) is 25.3 Å². The third-order valence-electron chi connectivity index (χ3n) is 2.15. The fourth-order valence-electron chi connectivity index (χ4n) is 1.30. The van der Waals surface area contributed by atoms with Crippen LogP contribution in [0, 0.1) is 10.1 Å². The molecule has 0 aromatic heterocycles. The van der Waals surface area contributed by atoms with Crippen molar-refractivity contribution < 1.29 is 22.8 Å². The number of hydrogen-bond donors (Lipinski definition) is 0. The Kier molecular flexibility index (Phi) is 5.37. The van der Waals surface area contributed by atoms with Gasteiger partial charge in [0.15, 0.2) is 11.5 Å². The summed E-state index contributed by atoms with van der Waals surface area (Å²) in [7, 11) is 2.86. The van der Waals surface area contributed by atoms with Crippen LogP contribution in [0.4, 0.5) is 5.69 Å². The first-order chi connectivity index (χ1) is 8.83. The van der Waals surface area contributed by atoms with Crippen molar-refractivity contribution in [2.45, 2.75) is 6.42 Å². The summed E-state index contributed by atoms with van der Waals surface area (Å²) in [5.74, 6) is 0.312. The van der Waals surface area contributed by atoms with Crippen molar-refractivity contribution in [3.63, 3.8) is 0 Å². The summed E-state index contributed by atoms with van der Waals surface area (Å²) in [4.78, 5) is 10.0. The molecule has 0 aliphatic carbocycles. The van der Waals surface area contributed by atoms with Crippen molar-refractivity contribution in [3.05, 3.63) is 28.3 Å². The first-order valence-corrected chi connectivity index (χ1v) is 7.69. The number of hydrogen-bond acceptors (Lipinski definition) is 6. The third-order valence-corrected chi connectivity index (χ3v) is 3.39. The van der Waals surface area contributed by atoms with E-state index in [-0.39, 0.29) is 30.2 Å². The normalized spacial score (nSPS) is 11.1. The van der Waals surface area contributed by atoms with Gasteiger partial charge in [-0.2, -0.15) is 0 Å². The monoisotopic (exact) mass is 309 g/mol. The molecule has 7 nitrogen and oxygen atoms in total. The van der Waals surface area contributed by atoms with Crippen molar-refractivity contribution in [1.82, 2.24) is 0 Å². The van der Waals surface area contributed by atoms with Crippen molar-refractivity contribution in [2.24, 2.45) is 0 Å². The Bertz CT molecular complexity index is 559. The highest BCUT2D eigenvalue weighted by Crippen LogP contribution is 2.31. The smallest absolute Gasteiger partial charge is 0.273 e. The molecule has 0 fully saturated rings. The standard InChI is InChI=1S/C10H12ClNO6S/c1-17-10-7-8(12(13)14)3-4-9(10)18-5-2-6-19(11,15)16/h3-4,7H,2,5-6H2,1H3. The number of nitrogens with zero attached hydrogens (tertiary/aromatic N) is 1. The zero-order valence-electron chi connectivity index (χ0n) is 10.0. The van der Waals surface area contributed by atoms with Gasteiger partial charge in [-0.1, -0.05) is 0 Å². The van der Waals surface area contributed by atoms with E-state index in [0.29, 0.717) is 5.75 Å². The molecule has 0 aliphatic heterocycles. The van der Waals surface area contributed by atoms with Gasteiger partial charge < -0.3 is 9.47 Å². The maximum Gasteiger partial charge on any atom is 0.273 e. The van der Waals surface area contributed by atoms with Gasteiger partial charge in [0.1, 0.15) is 0 Å². The first-order valence-electron chi connectivity index (χ1n) is 5.21. The molecule has 0 unspecified atom stereocenters. The van der Waals surface area contributed by atoms with Crippen LogP contribution < -0.4 is 9.47 Å². The van der Waals surface area contributed by atoms with Gasteiger partial charge in [-0.3, -0.25) is 10.1 Å². The molecule has 0 atom stereocenters. The van der Waals surface area contributed by atoms with Crippen LogP contribution in [-0.2, 0) is 9.05 Å². The Balaban J connectivity index is 2.66. The summed E-state index contributed by atoms with van der Waals surface area (Å²) in [6, 6.07) is 3.90. The van der Waals surface area contributed by atoms with Crippen LogP contribution in [0.25, 0.3) is 0 Å². The summed E-state index contributed by atoms with van der Waals surface area (Å²) < 4.78 is 31.6. The van der Waals surface area contributed by atoms with E-state index in [0.717, 1.165) is 0 Å². The summed E-state index contributed by atoms with van der Waals surface area (Å²) in [5, 5.41) is 10.6. The Morgan fingerprint density at radius 2 is 2.05 bits per heavy atom. The molecule has 1 rings (SSSR count). The van der Waals surface area contributed by atoms with Gasteiger partial charge in [-0.15, -0.1) is 0 Å². The van der Waals surface area contributed by atoms with E-state index < -0.39 is 14.0 Å². The number of nitro benzene ring substituents is 1. The van der Waals surface area contributed by atoms with E-state index >= 15 is 0 Å². The average molecular weight is 310 g/mol. The fourth-order valence-corrected chi connectivity index (χ4v) is 2.09. The lowest BCUT2D eigenvalue weighted by Gasteiger charge is -2.09. The van der Waals surface area contributed by atoms with Crippen molar-refractivity contribution in [1.29, 1.82) is 0 Å². The summed E-state index contributed by atoms with van der Waals surface area (Å²) >= 11 is 0. The zero-order valence-corrected chi connectivity index (χ0v) is 11.6. The van der Waals surface area contributed by atoms with Gasteiger partial charge in [0, 0.05) is 16.7 Å². The zero-order chi connectivity index (χ0) is 14.5. The van der Waals surface area contributed by atoms with Gasteiger partial charge in [-0.25, -0.2) is 8.42 Å². The molecule has 0 radical (unpaired) electrons. The Morgan fingerprint density at radius 3 is 2.58 bits per heavy atom. The van der Waals surface area contributed by atoms with Crippen molar-refractivity contribution in [2.75, 3.05) is 19.5 Å². The largest absolute Gasteiger partial charge is 0.493 e. The lowest BCUT2D eigenvalue weighted by Crippen LogP contribution is -2.05. The number of nitro groups is 1. The molecule has 106 valence electrons. The topological polar surface area (TPSA) is 95.7 Å². The van der Waals surface area contributed by atoms with Gasteiger partial charge in [0.2, 0.25) is 9.05 Å². The summed E-state index contributed by atoms with van der Waals surface area (Å²) in [5.41, 5.74) is -0.118. The van der Waals surface area contributed by atoms with E-state index in [2.05, 4.69) is 0 Å². The van der Waals surface area contributed by atoms with Crippen molar-refractivity contribution in [3.8, 4) is 11.5 Å². The summed E-state index contributed by atoms with van der Waals surface area (Å²) in [6.07, 6.45) is 0.214. The minimum atomic E-state index is -3.54. The quantitative estimate of drug-likeness (QED) is 0.330. The molecule has 0 saturated heterocycles. The van der Waals surface area contributed by atoms with Crippen LogP contribution in [0.1, 0.15) is 6.42 Å². The number of methoxy groups -OCH3 is 1. The molecule has 1 aromatic rings. The molecule has 0 spiro atoms. The first kappa shape index (κ1) is 15.5. The lowest BCUT2D eigenvalue weighted by molar-refractivity contribution is -0.384. The average Bonchev–Trinajstić information content (AvgIpc) is 2.33. The van der Waals surface area contributed by atoms with Crippen LogP contribution in [0.15, 0.2) is 18.2 Å². The number of non-ortho nitro benzene ring substituents is 1. The maximum absolute atomic E-state index is 10.7. The molecule has 9 heteroatoms. The molecular formula is C10H12ClNO6S. The van der Waals surface area contributed by atoms with E-state index in [4.69, 9.17) is 20.2 Å². The minimum Gasteiger partial charge on any atom is -0.493 e. The molecular weight excluding hydrogens is 298 g/mol. The van der Waals surface area contributed by atoms with Gasteiger partial charge in [0.05, 0.1) is 30.5 Å². The summed E-state index contributed by atoms with van der Waals surface area (Å²) in [6.45, 7) is 0.111. The van der Waals surface area contributed by atoms with Crippen LogP contribution in [0.3, 0.4) is 0 Å². The van der Waals surface area contributed by atoms with Crippen LogP contribution in [0.5, 0.6) is 11.5 Å². The Labute approximate surface area is 114 Å². The Hall–Kier alpha value is -1.54. The van der Waals surface area contributed by atoms with E-state index in [9.17, 15) is 18.5 Å². The van der Waals surface area contributed by atoms with Crippen LogP contribution in [0.2, 0.25) is 0 Å². The van der Waals surface area contributed by atoms with Crippen LogP contribution >= 0.6 is 10.7 Å². The molecule has 0 N–H and O–H groups in total. The van der Waals surface area contributed by atoms with Gasteiger partial charge in [-0.05, 0) is 12.5 Å². The molecule has 0 saturated carbocycles. The van der Waals surface area contributed by atoms with E-state index in [1.807, 2.05) is 0 Å². The van der Waals surface area contributed by atoms with Gasteiger partial charge in [0.25, 0.3) is 5.69 Å². The minimum absolute atomic E-state index is 0.111. The molecule has 1 aromatic carbocycles. The molecule has 19 heavy (non-hydrogen) atoms. The number of halogens is 1. The molecule has 0 amide bonds. The second-order valence-corrected chi connectivity index (χ2v) is 6.43. The highest BCUT2D eigenvalue weighted by Gasteiger charge is 2.12. The number of ether oxygens (including phenoxy) is 2. The highest BCUT2D eigenvalue weighted by molar-refractivity contribution is 8.13. The highest BCUT2D eigenvalue weighted by atomic mass is 35.7. The second-order valence-electron chi connectivity index (χ2n) is 3.54. The number of benzene rings is 1. The fraction of sp³-hybridized carbons (Fsp3) is 0.400. The van der Waals surface area contributed by atoms with E-state index in [1.54, 1.807) is 0 Å². The van der Waals surface area contributed by atoms with Gasteiger partial charge >= 0.3 is 0 Å². The Morgan fingerprint density at radius 1 is 1.37 bits per heavy atom. The molecule has 0 heterocycles. The SMILES string of the molecule is COc1cc([N+](=O)[O-])ccc1OCCCS(=O)(=O)Cl. The second kappa shape index (κ2) is 6.58. The number of rotatable bonds is 7. The maximum atomic E-state index is 10.7. The molecule has 0 aliphatic rings. The molecule has 0 bridgehead atoms. The predicted octanol–water partition coefficient (Wildman–Crippen LogP) is 1.94. The van der Waals surface area contributed by atoms with Crippen LogP contribution in [-0.4, -0.2) is 32.8 Å². The predicted molar refractivity (Wildman–Crippen MR) is 69.4 cm³/mol. The van der Waals surface area contributed by atoms with Crippen molar-refractivity contribution >= 4 is 25.4 Å². The third kappa shape index (κ3) is 5.31.